The van der Waals surface area contributed by atoms with Crippen LogP contribution in [-0.4, -0.2) is 24.4 Å². The summed E-state index contributed by atoms with van der Waals surface area (Å²) in [4.78, 5) is 22.6. The number of carbonyl (C=O) groups is 1. The molecule has 22 heavy (non-hydrogen) atoms. The largest absolute Gasteiger partial charge is 0.497 e. The summed E-state index contributed by atoms with van der Waals surface area (Å²) in [7, 11) is 1.60. The molecule has 1 saturated carbocycles. The molecule has 0 radical (unpaired) electrons. The number of hydrogen-bond donors (Lipinski definition) is 0. The molecule has 1 aromatic carbocycles. The van der Waals surface area contributed by atoms with Gasteiger partial charge in [0.1, 0.15) is 11.5 Å². The summed E-state index contributed by atoms with van der Waals surface area (Å²) in [5, 5.41) is 10.9. The number of rotatable bonds is 6. The molecule has 0 saturated heterocycles. The van der Waals surface area contributed by atoms with Crippen molar-refractivity contribution in [3.63, 3.8) is 0 Å². The maximum Gasteiger partial charge on any atom is 0.210 e. The van der Waals surface area contributed by atoms with Crippen LogP contribution in [0.1, 0.15) is 31.2 Å². The summed E-state index contributed by atoms with van der Waals surface area (Å²) < 4.78 is 5.10. The molecule has 0 aliphatic heterocycles. The highest BCUT2D eigenvalue weighted by Crippen LogP contribution is 2.29. The maximum absolute atomic E-state index is 12.0. The Balaban J connectivity index is 2.12. The minimum absolute atomic E-state index is 0.164. The van der Waals surface area contributed by atoms with E-state index in [4.69, 9.17) is 4.74 Å². The molecule has 0 amide bonds. The van der Waals surface area contributed by atoms with Gasteiger partial charge in [-0.2, -0.15) is 0 Å². The first-order valence-corrected chi connectivity index (χ1v) is 7.57. The van der Waals surface area contributed by atoms with E-state index in [1.54, 1.807) is 7.11 Å². The Morgan fingerprint density at radius 2 is 2.09 bits per heavy atom. The number of hydrogen-bond acceptors (Lipinski definition) is 4. The van der Waals surface area contributed by atoms with Crippen molar-refractivity contribution in [2.45, 2.75) is 25.7 Å². The van der Waals surface area contributed by atoms with Crippen LogP contribution in [0.3, 0.4) is 0 Å². The van der Waals surface area contributed by atoms with Gasteiger partial charge in [-0.15, -0.1) is 0 Å². The second-order valence-corrected chi connectivity index (χ2v) is 5.63. The Bertz CT molecular complexity index is 550. The number of methoxy groups -OCH3 is 1. The van der Waals surface area contributed by atoms with Gasteiger partial charge >= 0.3 is 0 Å². The van der Waals surface area contributed by atoms with Crippen LogP contribution < -0.4 is 4.74 Å². The van der Waals surface area contributed by atoms with Crippen LogP contribution in [0.5, 0.6) is 5.75 Å². The first-order chi connectivity index (χ1) is 10.6. The van der Waals surface area contributed by atoms with Gasteiger partial charge in [0.2, 0.25) is 6.54 Å². The fourth-order valence-corrected chi connectivity index (χ4v) is 2.91. The molecule has 0 spiro atoms. The van der Waals surface area contributed by atoms with Crippen LogP contribution in [0.2, 0.25) is 0 Å². The fourth-order valence-electron chi connectivity index (χ4n) is 2.91. The predicted molar refractivity (Wildman–Crippen MR) is 84.3 cm³/mol. The number of ether oxygens (including phenoxy) is 1. The summed E-state index contributed by atoms with van der Waals surface area (Å²) in [6.45, 7) is -0.191. The zero-order chi connectivity index (χ0) is 15.9. The number of nitrogens with zero attached hydrogens (tertiary/aromatic N) is 1. The molecule has 0 unspecified atom stereocenters. The van der Waals surface area contributed by atoms with E-state index >= 15 is 0 Å². The minimum Gasteiger partial charge on any atom is -0.497 e. The molecule has 1 aromatic rings. The van der Waals surface area contributed by atoms with Crippen molar-refractivity contribution >= 4 is 11.9 Å². The van der Waals surface area contributed by atoms with Gasteiger partial charge in [-0.1, -0.05) is 30.7 Å². The van der Waals surface area contributed by atoms with Crippen molar-refractivity contribution in [1.29, 1.82) is 0 Å². The van der Waals surface area contributed by atoms with Gasteiger partial charge in [0, 0.05) is 17.3 Å². The fraction of sp³-hybridized carbons (Fsp3) is 0.471. The Hall–Kier alpha value is -2.17. The second-order valence-electron chi connectivity index (χ2n) is 5.63. The maximum atomic E-state index is 12.0. The van der Waals surface area contributed by atoms with Crippen LogP contribution in [0.25, 0.3) is 6.08 Å². The number of nitro groups is 1. The van der Waals surface area contributed by atoms with Crippen molar-refractivity contribution in [3.8, 4) is 5.75 Å². The van der Waals surface area contributed by atoms with Gasteiger partial charge in [0.25, 0.3) is 0 Å². The van der Waals surface area contributed by atoms with Gasteiger partial charge in [0.05, 0.1) is 13.0 Å². The van der Waals surface area contributed by atoms with E-state index < -0.39 is 0 Å². The molecule has 118 valence electrons. The molecule has 1 fully saturated rings. The number of carbonyl (C=O) groups excluding carboxylic acids is 1. The van der Waals surface area contributed by atoms with E-state index in [0.29, 0.717) is 6.42 Å². The highest BCUT2D eigenvalue weighted by Gasteiger charge is 2.31. The van der Waals surface area contributed by atoms with Crippen LogP contribution in [0.4, 0.5) is 0 Å². The van der Waals surface area contributed by atoms with Crippen molar-refractivity contribution < 1.29 is 14.5 Å². The van der Waals surface area contributed by atoms with E-state index in [2.05, 4.69) is 0 Å². The lowest BCUT2D eigenvalue weighted by molar-refractivity contribution is -0.487. The van der Waals surface area contributed by atoms with Crippen molar-refractivity contribution in [3.05, 3.63) is 46.0 Å². The Morgan fingerprint density at radius 1 is 1.36 bits per heavy atom. The van der Waals surface area contributed by atoms with E-state index in [1.165, 1.54) is 0 Å². The molecule has 0 heterocycles. The van der Waals surface area contributed by atoms with Crippen LogP contribution in [0, 0.1) is 22.0 Å². The van der Waals surface area contributed by atoms with Crippen LogP contribution in [0.15, 0.2) is 30.3 Å². The third kappa shape index (κ3) is 4.41. The van der Waals surface area contributed by atoms with E-state index in [9.17, 15) is 14.9 Å². The highest BCUT2D eigenvalue weighted by molar-refractivity contribution is 5.82. The monoisotopic (exact) mass is 303 g/mol. The Kier molecular flexibility index (Phi) is 5.69. The van der Waals surface area contributed by atoms with Gasteiger partial charge < -0.3 is 4.74 Å². The zero-order valence-electron chi connectivity index (χ0n) is 12.7. The first kappa shape index (κ1) is 16.2. The van der Waals surface area contributed by atoms with Gasteiger partial charge in [-0.25, -0.2) is 0 Å². The van der Waals surface area contributed by atoms with Crippen molar-refractivity contribution in [2.75, 3.05) is 13.7 Å². The zero-order valence-corrected chi connectivity index (χ0v) is 12.7. The molecule has 0 aromatic heterocycles. The molecular weight excluding hydrogens is 282 g/mol. The molecule has 2 atom stereocenters. The lowest BCUT2D eigenvalue weighted by Crippen LogP contribution is -2.30. The summed E-state index contributed by atoms with van der Waals surface area (Å²) in [6.07, 6.45) is 6.86. The third-order valence-electron chi connectivity index (χ3n) is 4.13. The van der Waals surface area contributed by atoms with Gasteiger partial charge in [-0.05, 0) is 30.5 Å². The molecule has 2 rings (SSSR count). The van der Waals surface area contributed by atoms with Crippen molar-refractivity contribution in [2.24, 2.45) is 11.8 Å². The molecule has 1 aliphatic rings. The SMILES string of the molecule is COc1ccc(/C=C/[C@H](C[N+](=O)[O-])[C@@H]2CCCCC2=O)cc1. The summed E-state index contributed by atoms with van der Waals surface area (Å²) >= 11 is 0. The molecule has 0 N–H and O–H groups in total. The molecule has 0 bridgehead atoms. The lowest BCUT2D eigenvalue weighted by Gasteiger charge is -2.24. The summed E-state index contributed by atoms with van der Waals surface area (Å²) in [5.74, 6) is 0.387. The van der Waals surface area contributed by atoms with E-state index in [-0.39, 0.29) is 29.1 Å². The van der Waals surface area contributed by atoms with E-state index in [1.807, 2.05) is 36.4 Å². The number of benzene rings is 1. The molecule has 5 nitrogen and oxygen atoms in total. The molecular formula is C17H21NO4. The quantitative estimate of drug-likeness (QED) is 0.597. The molecule has 5 heteroatoms. The Morgan fingerprint density at radius 3 is 2.68 bits per heavy atom. The smallest absolute Gasteiger partial charge is 0.210 e. The van der Waals surface area contributed by atoms with Crippen LogP contribution in [-0.2, 0) is 4.79 Å². The third-order valence-corrected chi connectivity index (χ3v) is 4.13. The molecule has 1 aliphatic carbocycles. The van der Waals surface area contributed by atoms with Gasteiger partial charge in [0.15, 0.2) is 0 Å². The summed E-state index contributed by atoms with van der Waals surface area (Å²) in [6, 6.07) is 7.46. The highest BCUT2D eigenvalue weighted by atomic mass is 16.6. The van der Waals surface area contributed by atoms with Crippen LogP contribution >= 0.6 is 0 Å². The summed E-state index contributed by atoms with van der Waals surface area (Å²) in [5.41, 5.74) is 0.942. The van der Waals surface area contributed by atoms with E-state index in [0.717, 1.165) is 30.6 Å². The first-order valence-electron chi connectivity index (χ1n) is 7.57. The average Bonchev–Trinajstić information content (AvgIpc) is 2.52. The van der Waals surface area contributed by atoms with Crippen molar-refractivity contribution in [1.82, 2.24) is 0 Å². The number of ketones is 1. The Labute approximate surface area is 130 Å². The normalized spacial score (nSPS) is 20.0. The van der Waals surface area contributed by atoms with Gasteiger partial charge in [-0.3, -0.25) is 14.9 Å². The second kappa shape index (κ2) is 7.73. The lowest BCUT2D eigenvalue weighted by atomic mass is 9.78. The topological polar surface area (TPSA) is 69.4 Å². The number of Topliss-reactive ketones (excluding diaryl/α,β-unsaturated/α-hetero) is 1. The standard InChI is InChI=1S/C17H21NO4/c1-22-15-10-7-13(8-11-15)6-9-14(12-18(20)21)16-4-2-3-5-17(16)19/h6-11,14,16H,2-5,12H2,1H3/b9-6+/t14-,16+/m1/s1. The average molecular weight is 303 g/mol. The predicted octanol–water partition coefficient (Wildman–Crippen LogP) is 3.36. The minimum atomic E-state index is -0.329.